The third-order valence-corrected chi connectivity index (χ3v) is 4.42. The number of phenols is 1. The van der Waals surface area contributed by atoms with Crippen molar-refractivity contribution in [2.75, 3.05) is 7.11 Å². The SMILES string of the molecule is COc1cc2c(cc1O)C(=O)C1=C(O[C@@H](C)C1(C)C)C2=O. The van der Waals surface area contributed by atoms with Gasteiger partial charge in [0.2, 0.25) is 5.78 Å². The number of allylic oxidation sites excluding steroid dienone is 1. The van der Waals surface area contributed by atoms with E-state index in [1.165, 1.54) is 19.2 Å². The minimum absolute atomic E-state index is 0.123. The Morgan fingerprint density at radius 1 is 1.19 bits per heavy atom. The van der Waals surface area contributed by atoms with Gasteiger partial charge in [-0.05, 0) is 19.1 Å². The van der Waals surface area contributed by atoms with Crippen molar-refractivity contribution in [3.8, 4) is 11.5 Å². The molecule has 0 bridgehead atoms. The summed E-state index contributed by atoms with van der Waals surface area (Å²) in [5.41, 5.74) is 0.244. The second-order valence-corrected chi connectivity index (χ2v) is 5.91. The van der Waals surface area contributed by atoms with E-state index in [0.717, 1.165) is 0 Å². The molecule has 110 valence electrons. The molecule has 0 amide bonds. The molecule has 0 fully saturated rings. The van der Waals surface area contributed by atoms with Crippen LogP contribution < -0.4 is 4.74 Å². The van der Waals surface area contributed by atoms with Crippen LogP contribution in [-0.2, 0) is 4.74 Å². The van der Waals surface area contributed by atoms with Crippen molar-refractivity contribution in [1.82, 2.24) is 0 Å². The van der Waals surface area contributed by atoms with Crippen molar-refractivity contribution in [2.24, 2.45) is 5.41 Å². The normalized spacial score (nSPS) is 22.8. The zero-order chi connectivity index (χ0) is 15.5. The lowest BCUT2D eigenvalue weighted by atomic mass is 9.74. The Labute approximate surface area is 122 Å². The number of rotatable bonds is 1. The van der Waals surface area contributed by atoms with Gasteiger partial charge in [-0.1, -0.05) is 13.8 Å². The molecule has 1 aliphatic heterocycles. The Balaban J connectivity index is 2.24. The maximum atomic E-state index is 12.7. The van der Waals surface area contributed by atoms with E-state index in [9.17, 15) is 14.7 Å². The van der Waals surface area contributed by atoms with Gasteiger partial charge in [-0.2, -0.15) is 0 Å². The zero-order valence-corrected chi connectivity index (χ0v) is 12.3. The van der Waals surface area contributed by atoms with Gasteiger partial charge in [0.1, 0.15) is 6.10 Å². The molecular formula is C16H16O5. The van der Waals surface area contributed by atoms with Gasteiger partial charge in [-0.25, -0.2) is 0 Å². The average molecular weight is 288 g/mol. The monoisotopic (exact) mass is 288 g/mol. The number of aromatic hydroxyl groups is 1. The fourth-order valence-electron chi connectivity index (χ4n) is 2.81. The topological polar surface area (TPSA) is 72.8 Å². The molecule has 1 heterocycles. The Hall–Kier alpha value is -2.30. The standard InChI is InChI=1S/C16H16O5/c1-7-16(2,3)12-13(18)8-5-10(17)11(20-4)6-9(8)14(19)15(12)21-7/h5-7,17H,1-4H3/t7-/m0/s1. The number of ether oxygens (including phenoxy) is 2. The van der Waals surface area contributed by atoms with Crippen molar-refractivity contribution in [3.05, 3.63) is 34.6 Å². The number of carbonyl (C=O) groups is 2. The fourth-order valence-corrected chi connectivity index (χ4v) is 2.81. The molecular weight excluding hydrogens is 272 g/mol. The van der Waals surface area contributed by atoms with E-state index in [1.54, 1.807) is 0 Å². The van der Waals surface area contributed by atoms with Crippen LogP contribution in [-0.4, -0.2) is 29.9 Å². The molecule has 0 saturated heterocycles. The predicted molar refractivity (Wildman–Crippen MR) is 74.7 cm³/mol. The number of hydrogen-bond donors (Lipinski definition) is 1. The minimum atomic E-state index is -0.546. The lowest BCUT2D eigenvalue weighted by Crippen LogP contribution is -2.29. The van der Waals surface area contributed by atoms with E-state index in [-0.39, 0.29) is 46.1 Å². The van der Waals surface area contributed by atoms with Crippen LogP contribution >= 0.6 is 0 Å². The number of ketones is 2. The molecule has 2 aliphatic rings. The number of benzene rings is 1. The summed E-state index contributed by atoms with van der Waals surface area (Å²) >= 11 is 0. The molecule has 1 atom stereocenters. The smallest absolute Gasteiger partial charge is 0.228 e. The van der Waals surface area contributed by atoms with E-state index in [2.05, 4.69) is 0 Å². The minimum Gasteiger partial charge on any atom is -0.504 e. The molecule has 5 heteroatoms. The highest BCUT2D eigenvalue weighted by atomic mass is 16.5. The van der Waals surface area contributed by atoms with Crippen molar-refractivity contribution in [1.29, 1.82) is 0 Å². The predicted octanol–water partition coefficient (Wildman–Crippen LogP) is 2.48. The Bertz CT molecular complexity index is 712. The summed E-state index contributed by atoms with van der Waals surface area (Å²) in [6.07, 6.45) is -0.264. The second kappa shape index (κ2) is 4.10. The number of carbonyl (C=O) groups excluding carboxylic acids is 2. The summed E-state index contributed by atoms with van der Waals surface area (Å²) in [5, 5.41) is 9.86. The summed E-state index contributed by atoms with van der Waals surface area (Å²) in [6.45, 7) is 5.58. The number of Topliss-reactive ketones (excluding diaryl/α,β-unsaturated/α-hetero) is 2. The van der Waals surface area contributed by atoms with Gasteiger partial charge in [0.25, 0.3) is 0 Å². The Morgan fingerprint density at radius 2 is 1.81 bits per heavy atom. The van der Waals surface area contributed by atoms with Gasteiger partial charge < -0.3 is 14.6 Å². The number of methoxy groups -OCH3 is 1. The number of fused-ring (bicyclic) bond motifs is 1. The summed E-state index contributed by atoms with van der Waals surface area (Å²) in [7, 11) is 1.39. The lowest BCUT2D eigenvalue weighted by Gasteiger charge is -2.25. The van der Waals surface area contributed by atoms with Crippen LogP contribution in [0.4, 0.5) is 0 Å². The van der Waals surface area contributed by atoms with Crippen molar-refractivity contribution in [2.45, 2.75) is 26.9 Å². The molecule has 1 aliphatic carbocycles. The Kier molecular flexibility index (Phi) is 2.67. The number of phenolic OH excluding ortho intramolecular Hbond substituents is 1. The maximum Gasteiger partial charge on any atom is 0.228 e. The third kappa shape index (κ3) is 1.63. The Morgan fingerprint density at radius 3 is 2.43 bits per heavy atom. The van der Waals surface area contributed by atoms with Gasteiger partial charge in [0.05, 0.1) is 12.7 Å². The van der Waals surface area contributed by atoms with Crippen molar-refractivity contribution >= 4 is 11.6 Å². The van der Waals surface area contributed by atoms with Gasteiger partial charge in [0, 0.05) is 16.5 Å². The zero-order valence-electron chi connectivity index (χ0n) is 12.3. The molecule has 3 rings (SSSR count). The summed E-state index contributed by atoms with van der Waals surface area (Å²) < 4.78 is 10.6. The van der Waals surface area contributed by atoms with Crippen molar-refractivity contribution < 1.29 is 24.2 Å². The second-order valence-electron chi connectivity index (χ2n) is 5.91. The van der Waals surface area contributed by atoms with Crippen LogP contribution in [0.1, 0.15) is 41.5 Å². The highest BCUT2D eigenvalue weighted by molar-refractivity contribution is 6.27. The van der Waals surface area contributed by atoms with Crippen LogP contribution in [0.5, 0.6) is 11.5 Å². The van der Waals surface area contributed by atoms with Crippen molar-refractivity contribution in [3.63, 3.8) is 0 Å². The number of hydrogen-bond acceptors (Lipinski definition) is 5. The summed E-state index contributed by atoms with van der Waals surface area (Å²) in [5.74, 6) is -0.490. The first-order valence-corrected chi connectivity index (χ1v) is 6.70. The van der Waals surface area contributed by atoms with Crippen LogP contribution in [0.3, 0.4) is 0 Å². The molecule has 1 N–H and O–H groups in total. The maximum absolute atomic E-state index is 12.7. The van der Waals surface area contributed by atoms with Gasteiger partial charge in [0.15, 0.2) is 23.0 Å². The fraction of sp³-hybridized carbons (Fsp3) is 0.375. The van der Waals surface area contributed by atoms with E-state index >= 15 is 0 Å². The van der Waals surface area contributed by atoms with Gasteiger partial charge >= 0.3 is 0 Å². The molecule has 1 aromatic rings. The summed E-state index contributed by atoms with van der Waals surface area (Å²) in [4.78, 5) is 25.3. The van der Waals surface area contributed by atoms with E-state index in [1.807, 2.05) is 20.8 Å². The van der Waals surface area contributed by atoms with Crippen LogP contribution in [0.15, 0.2) is 23.5 Å². The quantitative estimate of drug-likeness (QED) is 0.859. The third-order valence-electron chi connectivity index (χ3n) is 4.42. The first-order chi connectivity index (χ1) is 9.78. The van der Waals surface area contributed by atoms with Crippen LogP contribution in [0, 0.1) is 5.41 Å². The van der Waals surface area contributed by atoms with E-state index in [0.29, 0.717) is 5.57 Å². The van der Waals surface area contributed by atoms with Crippen LogP contribution in [0.25, 0.3) is 0 Å². The van der Waals surface area contributed by atoms with Crippen LogP contribution in [0.2, 0.25) is 0 Å². The molecule has 21 heavy (non-hydrogen) atoms. The average Bonchev–Trinajstić information content (AvgIpc) is 2.67. The largest absolute Gasteiger partial charge is 0.504 e. The molecule has 1 aromatic carbocycles. The highest BCUT2D eigenvalue weighted by Crippen LogP contribution is 2.48. The molecule has 0 spiro atoms. The van der Waals surface area contributed by atoms with Gasteiger partial charge in [-0.15, -0.1) is 0 Å². The molecule has 0 saturated carbocycles. The lowest BCUT2D eigenvalue weighted by molar-refractivity contribution is 0.0722. The van der Waals surface area contributed by atoms with E-state index < -0.39 is 5.41 Å². The first-order valence-electron chi connectivity index (χ1n) is 6.70. The summed E-state index contributed by atoms with van der Waals surface area (Å²) in [6, 6.07) is 2.67. The molecule has 0 aromatic heterocycles. The highest BCUT2D eigenvalue weighted by Gasteiger charge is 2.50. The molecule has 0 radical (unpaired) electrons. The van der Waals surface area contributed by atoms with E-state index in [4.69, 9.17) is 9.47 Å². The van der Waals surface area contributed by atoms with Gasteiger partial charge in [-0.3, -0.25) is 9.59 Å². The molecule has 5 nitrogen and oxygen atoms in total. The first kappa shape index (κ1) is 13.7. The molecule has 0 unspecified atom stereocenters.